The van der Waals surface area contributed by atoms with Gasteiger partial charge in [0.25, 0.3) is 0 Å². The monoisotopic (exact) mass is 421 g/mol. The van der Waals surface area contributed by atoms with Gasteiger partial charge in [0, 0.05) is 5.69 Å². The maximum atomic E-state index is 6.21. The highest BCUT2D eigenvalue weighted by Gasteiger charge is 2.51. The molecule has 1 fully saturated rings. The highest BCUT2D eigenvalue weighted by molar-refractivity contribution is 6.62. The molecule has 0 radical (unpaired) electrons. The normalized spacial score (nSPS) is 17.1. The van der Waals surface area contributed by atoms with Gasteiger partial charge in [-0.3, -0.25) is 0 Å². The first-order valence-electron chi connectivity index (χ1n) is 11.1. The number of rotatable bonds is 3. The van der Waals surface area contributed by atoms with E-state index in [2.05, 4.69) is 94.4 Å². The van der Waals surface area contributed by atoms with Crippen molar-refractivity contribution in [2.75, 3.05) is 5.73 Å². The maximum Gasteiger partial charge on any atom is 0.494 e. The van der Waals surface area contributed by atoms with Crippen molar-refractivity contribution in [3.63, 3.8) is 0 Å². The van der Waals surface area contributed by atoms with E-state index in [0.717, 1.165) is 16.7 Å². The van der Waals surface area contributed by atoms with Gasteiger partial charge in [-0.15, -0.1) is 0 Å². The minimum absolute atomic E-state index is 0.344. The Kier molecular flexibility index (Phi) is 4.88. The van der Waals surface area contributed by atoms with Crippen molar-refractivity contribution in [1.82, 2.24) is 0 Å². The van der Waals surface area contributed by atoms with Crippen LogP contribution in [0.25, 0.3) is 33.0 Å². The third kappa shape index (κ3) is 3.50. The van der Waals surface area contributed by atoms with E-state index < -0.39 is 0 Å². The summed E-state index contributed by atoms with van der Waals surface area (Å²) in [4.78, 5) is 0. The lowest BCUT2D eigenvalue weighted by Gasteiger charge is -2.32. The molecule has 0 atom stereocenters. The molecule has 1 aliphatic rings. The molecule has 4 aromatic carbocycles. The van der Waals surface area contributed by atoms with Gasteiger partial charge in [-0.25, -0.2) is 0 Å². The number of hydrogen-bond donors (Lipinski definition) is 1. The standard InChI is InChI=1S/C28H28BNO2/c1-27(2)28(3,4)32-29(31-27)21-14-12-19(13-15-21)23-16-17-24(20-8-7-9-22(30)18-20)26-11-6-5-10-25(23)26/h5-18H,30H2,1-4H3. The summed E-state index contributed by atoms with van der Waals surface area (Å²) in [6.45, 7) is 8.32. The lowest BCUT2D eigenvalue weighted by Crippen LogP contribution is -2.41. The molecule has 1 aliphatic heterocycles. The Balaban J connectivity index is 1.53. The minimum atomic E-state index is -0.350. The molecule has 3 nitrogen and oxygen atoms in total. The van der Waals surface area contributed by atoms with Crippen molar-refractivity contribution in [3.8, 4) is 22.3 Å². The van der Waals surface area contributed by atoms with Crippen LogP contribution < -0.4 is 11.2 Å². The molecule has 1 saturated heterocycles. The second-order valence-electron chi connectivity index (χ2n) is 9.54. The van der Waals surface area contributed by atoms with Crippen molar-refractivity contribution in [2.45, 2.75) is 38.9 Å². The van der Waals surface area contributed by atoms with Crippen LogP contribution in [0, 0.1) is 0 Å². The molecule has 1 heterocycles. The summed E-state index contributed by atoms with van der Waals surface area (Å²) >= 11 is 0. The van der Waals surface area contributed by atoms with E-state index in [1.54, 1.807) is 0 Å². The molecule has 5 rings (SSSR count). The molecule has 4 aromatic rings. The summed E-state index contributed by atoms with van der Waals surface area (Å²) in [5.41, 5.74) is 11.8. The van der Waals surface area contributed by atoms with Gasteiger partial charge < -0.3 is 15.0 Å². The summed E-state index contributed by atoms with van der Waals surface area (Å²) in [5.74, 6) is 0. The molecule has 0 spiro atoms. The predicted molar refractivity (Wildman–Crippen MR) is 135 cm³/mol. The van der Waals surface area contributed by atoms with Crippen LogP contribution in [0.2, 0.25) is 0 Å². The maximum absolute atomic E-state index is 6.21. The van der Waals surface area contributed by atoms with Crippen molar-refractivity contribution < 1.29 is 9.31 Å². The van der Waals surface area contributed by atoms with E-state index in [1.165, 1.54) is 27.5 Å². The van der Waals surface area contributed by atoms with Crippen LogP contribution in [0.3, 0.4) is 0 Å². The van der Waals surface area contributed by atoms with Gasteiger partial charge in [0.05, 0.1) is 11.2 Å². The van der Waals surface area contributed by atoms with Gasteiger partial charge in [-0.05, 0) is 78.3 Å². The van der Waals surface area contributed by atoms with Crippen LogP contribution in [-0.4, -0.2) is 18.3 Å². The van der Waals surface area contributed by atoms with Gasteiger partial charge in [-0.1, -0.05) is 72.8 Å². The van der Waals surface area contributed by atoms with Gasteiger partial charge >= 0.3 is 7.12 Å². The minimum Gasteiger partial charge on any atom is -0.399 e. The van der Waals surface area contributed by atoms with Crippen molar-refractivity contribution in [1.29, 1.82) is 0 Å². The zero-order valence-corrected chi connectivity index (χ0v) is 19.1. The molecule has 32 heavy (non-hydrogen) atoms. The summed E-state index contributed by atoms with van der Waals surface area (Å²) in [5, 5.41) is 2.43. The molecular formula is C28H28BNO2. The van der Waals surface area contributed by atoms with E-state index in [4.69, 9.17) is 15.0 Å². The number of nitrogen functional groups attached to an aromatic ring is 1. The smallest absolute Gasteiger partial charge is 0.399 e. The van der Waals surface area contributed by atoms with Crippen LogP contribution in [0.5, 0.6) is 0 Å². The average molecular weight is 421 g/mol. The zero-order valence-electron chi connectivity index (χ0n) is 19.1. The van der Waals surface area contributed by atoms with Crippen molar-refractivity contribution in [2.24, 2.45) is 0 Å². The molecule has 0 bridgehead atoms. The van der Waals surface area contributed by atoms with E-state index in [9.17, 15) is 0 Å². The Morgan fingerprint density at radius 3 is 1.75 bits per heavy atom. The zero-order chi connectivity index (χ0) is 22.5. The fourth-order valence-electron chi connectivity index (χ4n) is 4.31. The predicted octanol–water partition coefficient (Wildman–Crippen LogP) is 6.06. The first kappa shape index (κ1) is 20.8. The van der Waals surface area contributed by atoms with E-state index in [1.807, 2.05) is 18.2 Å². The van der Waals surface area contributed by atoms with Gasteiger partial charge in [0.2, 0.25) is 0 Å². The fourth-order valence-corrected chi connectivity index (χ4v) is 4.31. The number of fused-ring (bicyclic) bond motifs is 1. The lowest BCUT2D eigenvalue weighted by atomic mass is 9.78. The average Bonchev–Trinajstić information content (AvgIpc) is 3.00. The Labute approximate surface area is 190 Å². The summed E-state index contributed by atoms with van der Waals surface area (Å²) in [7, 11) is -0.350. The van der Waals surface area contributed by atoms with Crippen LogP contribution >= 0.6 is 0 Å². The molecule has 0 amide bonds. The largest absolute Gasteiger partial charge is 0.494 e. The topological polar surface area (TPSA) is 44.5 Å². The molecule has 160 valence electrons. The molecule has 0 aromatic heterocycles. The first-order chi connectivity index (χ1) is 15.2. The quantitative estimate of drug-likeness (QED) is 0.323. The van der Waals surface area contributed by atoms with E-state index >= 15 is 0 Å². The summed E-state index contributed by atoms with van der Waals surface area (Å²) < 4.78 is 12.4. The third-order valence-corrected chi connectivity index (χ3v) is 6.87. The van der Waals surface area contributed by atoms with Crippen LogP contribution in [0.1, 0.15) is 27.7 Å². The number of benzene rings is 4. The summed E-state index contributed by atoms with van der Waals surface area (Å²) in [6, 6.07) is 29.5. The highest BCUT2D eigenvalue weighted by Crippen LogP contribution is 2.38. The first-order valence-corrected chi connectivity index (χ1v) is 11.1. The molecule has 0 saturated carbocycles. The SMILES string of the molecule is CC1(C)OB(c2ccc(-c3ccc(-c4cccc(N)c4)c4ccccc34)cc2)OC1(C)C. The molecule has 0 aliphatic carbocycles. The van der Waals surface area contributed by atoms with Crippen LogP contribution in [0.15, 0.2) is 84.9 Å². The van der Waals surface area contributed by atoms with Gasteiger partial charge in [0.15, 0.2) is 0 Å². The second kappa shape index (κ2) is 7.51. The molecule has 2 N–H and O–H groups in total. The lowest BCUT2D eigenvalue weighted by molar-refractivity contribution is 0.00578. The van der Waals surface area contributed by atoms with Crippen molar-refractivity contribution >= 4 is 29.0 Å². The Morgan fingerprint density at radius 1 is 0.625 bits per heavy atom. The van der Waals surface area contributed by atoms with E-state index in [0.29, 0.717) is 0 Å². The molecule has 0 unspecified atom stereocenters. The summed E-state index contributed by atoms with van der Waals surface area (Å²) in [6.07, 6.45) is 0. The highest BCUT2D eigenvalue weighted by atomic mass is 16.7. The Hall–Kier alpha value is -3.08. The van der Waals surface area contributed by atoms with Gasteiger partial charge in [0.1, 0.15) is 0 Å². The molecule has 4 heteroatoms. The number of anilines is 1. The van der Waals surface area contributed by atoms with Crippen molar-refractivity contribution in [3.05, 3.63) is 84.9 Å². The Morgan fingerprint density at radius 2 is 1.19 bits per heavy atom. The Bertz CT molecular complexity index is 1280. The van der Waals surface area contributed by atoms with E-state index in [-0.39, 0.29) is 18.3 Å². The van der Waals surface area contributed by atoms with Gasteiger partial charge in [-0.2, -0.15) is 0 Å². The van der Waals surface area contributed by atoms with Crippen LogP contribution in [-0.2, 0) is 9.31 Å². The fraction of sp³-hybridized carbons (Fsp3) is 0.214. The van der Waals surface area contributed by atoms with Crippen LogP contribution in [0.4, 0.5) is 5.69 Å². The second-order valence-corrected chi connectivity index (χ2v) is 9.54. The number of hydrogen-bond acceptors (Lipinski definition) is 3. The molecular weight excluding hydrogens is 393 g/mol. The number of nitrogens with two attached hydrogens (primary N) is 1. The third-order valence-electron chi connectivity index (χ3n) is 6.87.